The summed E-state index contributed by atoms with van der Waals surface area (Å²) in [6.45, 7) is 5.81. The Balaban J connectivity index is 1.40. The number of aryl methyl sites for hydroxylation is 1. The smallest absolute Gasteiger partial charge is 0.364 e. The molecule has 3 amide bonds. The SMILES string of the molecule is C=CC(=O)N1Cc2cc(CN3C[C@H]4CC(=O)N(c5cc(C(F)(F)F)cc(C)n5)[C@@H]4C(=O)N(C)c4cccc(Cl)c43)ccc2[C@@H]1CC#N. The van der Waals surface area contributed by atoms with Gasteiger partial charge in [0.05, 0.1) is 40.5 Å². The summed E-state index contributed by atoms with van der Waals surface area (Å²) < 4.78 is 41.2. The van der Waals surface area contributed by atoms with Gasteiger partial charge in [-0.25, -0.2) is 4.98 Å². The van der Waals surface area contributed by atoms with Crippen LogP contribution in [0.4, 0.5) is 30.4 Å². The number of benzene rings is 2. The van der Waals surface area contributed by atoms with E-state index in [1.807, 2.05) is 23.1 Å². The van der Waals surface area contributed by atoms with Crippen molar-refractivity contribution in [2.45, 2.75) is 51.1 Å². The minimum atomic E-state index is -4.67. The van der Waals surface area contributed by atoms with Crippen LogP contribution in [0, 0.1) is 24.2 Å². The molecule has 0 bridgehead atoms. The van der Waals surface area contributed by atoms with Gasteiger partial charge in [-0.15, -0.1) is 0 Å². The van der Waals surface area contributed by atoms with Crippen LogP contribution in [0.3, 0.4) is 0 Å². The number of nitriles is 1. The molecule has 1 aromatic heterocycles. The van der Waals surface area contributed by atoms with Gasteiger partial charge in [-0.05, 0) is 54.0 Å². The normalized spacial score (nSPS) is 20.7. The lowest BCUT2D eigenvalue weighted by atomic mass is 9.95. The minimum absolute atomic E-state index is 0.0680. The third-order valence-electron chi connectivity index (χ3n) is 9.02. The summed E-state index contributed by atoms with van der Waals surface area (Å²) in [6, 6.07) is 13.3. The zero-order valence-electron chi connectivity index (χ0n) is 25.6. The standard InChI is InChI=1S/C34H30ClF3N6O3/c1-4-29(45)43-18-21-13-20(8-9-24(21)26(43)10-11-39)16-42-17-22-14-30(46)44(28-15-23(34(36,37)38)12-19(2)40-28)31(22)33(47)41(3)27-7-5-6-25(35)32(27)42/h4-9,12-13,15,22,26,31H,1,10,14,16-18H2,2-3H3/t22-,26+,31+/m1/s1. The highest BCUT2D eigenvalue weighted by Crippen LogP contribution is 2.44. The number of hydrogen-bond donors (Lipinski definition) is 0. The molecular formula is C34H30ClF3N6O3. The Morgan fingerprint density at radius 3 is 2.66 bits per heavy atom. The number of pyridine rings is 1. The molecule has 0 N–H and O–H groups in total. The maximum atomic E-state index is 14.1. The summed E-state index contributed by atoms with van der Waals surface area (Å²) in [4.78, 5) is 50.6. The van der Waals surface area contributed by atoms with Crippen LogP contribution in [-0.4, -0.2) is 47.2 Å². The van der Waals surface area contributed by atoms with Gasteiger partial charge in [0.1, 0.15) is 11.9 Å². The molecule has 3 aromatic rings. The number of rotatable bonds is 5. The highest BCUT2D eigenvalue weighted by atomic mass is 35.5. The van der Waals surface area contributed by atoms with E-state index in [0.29, 0.717) is 29.5 Å². The zero-order valence-corrected chi connectivity index (χ0v) is 26.3. The quantitative estimate of drug-likeness (QED) is 0.313. The Labute approximate surface area is 274 Å². The largest absolute Gasteiger partial charge is 0.416 e. The third-order valence-corrected chi connectivity index (χ3v) is 9.33. The molecular weight excluding hydrogens is 633 g/mol. The van der Waals surface area contributed by atoms with Crippen molar-refractivity contribution in [1.82, 2.24) is 9.88 Å². The number of likely N-dealkylation sites (N-methyl/N-ethyl adjacent to an activating group) is 1. The molecule has 1 saturated heterocycles. The van der Waals surface area contributed by atoms with Gasteiger partial charge in [0, 0.05) is 44.7 Å². The molecule has 6 rings (SSSR count). The van der Waals surface area contributed by atoms with E-state index in [1.54, 1.807) is 30.1 Å². The van der Waals surface area contributed by atoms with Crippen LogP contribution in [0.15, 0.2) is 61.2 Å². The van der Waals surface area contributed by atoms with Gasteiger partial charge in [0.2, 0.25) is 17.7 Å². The monoisotopic (exact) mass is 662 g/mol. The first-order valence-electron chi connectivity index (χ1n) is 14.9. The molecule has 0 saturated carbocycles. The summed E-state index contributed by atoms with van der Waals surface area (Å²) >= 11 is 6.78. The van der Waals surface area contributed by atoms with Crippen LogP contribution in [-0.2, 0) is 33.6 Å². The Hall–Kier alpha value is -4.89. The van der Waals surface area contributed by atoms with Crippen molar-refractivity contribution in [2.75, 3.05) is 28.3 Å². The minimum Gasteiger partial charge on any atom is -0.364 e. The summed E-state index contributed by atoms with van der Waals surface area (Å²) in [7, 11) is 1.56. The molecule has 3 aliphatic heterocycles. The zero-order chi connectivity index (χ0) is 33.8. The maximum absolute atomic E-state index is 14.1. The lowest BCUT2D eigenvalue weighted by Crippen LogP contribution is -2.52. The third kappa shape index (κ3) is 5.69. The first kappa shape index (κ1) is 32.1. The molecule has 0 unspecified atom stereocenters. The van der Waals surface area contributed by atoms with E-state index < -0.39 is 41.6 Å². The van der Waals surface area contributed by atoms with Crippen LogP contribution in [0.5, 0.6) is 0 Å². The number of nitrogens with zero attached hydrogens (tertiary/aromatic N) is 6. The van der Waals surface area contributed by atoms with Gasteiger partial charge >= 0.3 is 6.18 Å². The molecule has 0 spiro atoms. The number of carbonyl (C=O) groups is 3. The van der Waals surface area contributed by atoms with Gasteiger partial charge in [0.15, 0.2) is 0 Å². The van der Waals surface area contributed by atoms with Crippen molar-refractivity contribution in [2.24, 2.45) is 5.92 Å². The fourth-order valence-corrected chi connectivity index (χ4v) is 7.25. The number of anilines is 3. The van der Waals surface area contributed by atoms with Crippen molar-refractivity contribution in [1.29, 1.82) is 5.26 Å². The number of para-hydroxylation sites is 1. The predicted molar refractivity (Wildman–Crippen MR) is 169 cm³/mol. The Kier molecular flexibility index (Phi) is 8.22. The second kappa shape index (κ2) is 12.0. The number of alkyl halides is 3. The molecule has 9 nitrogen and oxygen atoms in total. The van der Waals surface area contributed by atoms with E-state index >= 15 is 0 Å². The lowest BCUT2D eigenvalue weighted by molar-refractivity contribution is -0.137. The molecule has 0 radical (unpaired) electrons. The maximum Gasteiger partial charge on any atom is 0.416 e. The summed E-state index contributed by atoms with van der Waals surface area (Å²) in [5.74, 6) is -2.06. The second-order valence-corrected chi connectivity index (χ2v) is 12.4. The molecule has 13 heteroatoms. The molecule has 242 valence electrons. The average molecular weight is 663 g/mol. The molecule has 2 aromatic carbocycles. The number of amides is 3. The summed E-state index contributed by atoms with van der Waals surface area (Å²) in [6.07, 6.45) is -3.39. The highest BCUT2D eigenvalue weighted by molar-refractivity contribution is 6.34. The summed E-state index contributed by atoms with van der Waals surface area (Å²) in [5.41, 5.74) is 2.80. The molecule has 3 aliphatic rings. The fourth-order valence-electron chi connectivity index (χ4n) is 6.96. The van der Waals surface area contributed by atoms with E-state index in [9.17, 15) is 32.8 Å². The molecule has 0 aliphatic carbocycles. The van der Waals surface area contributed by atoms with Crippen LogP contribution < -0.4 is 14.7 Å². The topological polar surface area (TPSA) is 101 Å². The van der Waals surface area contributed by atoms with Gasteiger partial charge in [0.25, 0.3) is 0 Å². The molecule has 4 heterocycles. The van der Waals surface area contributed by atoms with E-state index in [1.165, 1.54) is 17.9 Å². The van der Waals surface area contributed by atoms with Gasteiger partial charge < -0.3 is 14.7 Å². The predicted octanol–water partition coefficient (Wildman–Crippen LogP) is 5.95. The fraction of sp³-hybridized carbons (Fsp3) is 0.324. The van der Waals surface area contributed by atoms with Crippen molar-refractivity contribution >= 4 is 46.5 Å². The van der Waals surface area contributed by atoms with Crippen molar-refractivity contribution in [3.63, 3.8) is 0 Å². The Morgan fingerprint density at radius 1 is 1.19 bits per heavy atom. The van der Waals surface area contributed by atoms with Crippen molar-refractivity contribution in [3.8, 4) is 6.07 Å². The Bertz CT molecular complexity index is 1860. The summed E-state index contributed by atoms with van der Waals surface area (Å²) in [5, 5.41) is 9.79. The van der Waals surface area contributed by atoms with Gasteiger partial charge in [-0.1, -0.05) is 42.4 Å². The number of hydrogen-bond acceptors (Lipinski definition) is 6. The van der Waals surface area contributed by atoms with Crippen molar-refractivity contribution in [3.05, 3.63) is 94.2 Å². The molecule has 47 heavy (non-hydrogen) atoms. The number of fused-ring (bicyclic) bond motifs is 3. The number of carbonyl (C=O) groups excluding carboxylic acids is 3. The average Bonchev–Trinajstić information content (AvgIpc) is 3.54. The van der Waals surface area contributed by atoms with Gasteiger partial charge in [-0.2, -0.15) is 18.4 Å². The number of halogens is 4. The van der Waals surface area contributed by atoms with Crippen LogP contribution in [0.2, 0.25) is 5.02 Å². The van der Waals surface area contributed by atoms with Crippen LogP contribution in [0.25, 0.3) is 0 Å². The lowest BCUT2D eigenvalue weighted by Gasteiger charge is -2.39. The van der Waals surface area contributed by atoms with Gasteiger partial charge in [-0.3, -0.25) is 19.3 Å². The molecule has 3 atom stereocenters. The highest BCUT2D eigenvalue weighted by Gasteiger charge is 2.49. The van der Waals surface area contributed by atoms with E-state index in [4.69, 9.17) is 11.6 Å². The number of aromatic nitrogens is 1. The van der Waals surface area contributed by atoms with E-state index in [0.717, 1.165) is 33.7 Å². The van der Waals surface area contributed by atoms with E-state index in [-0.39, 0.29) is 36.8 Å². The van der Waals surface area contributed by atoms with Crippen LogP contribution >= 0.6 is 11.6 Å². The Morgan fingerprint density at radius 2 is 1.96 bits per heavy atom. The molecule has 1 fully saturated rings. The first-order chi connectivity index (χ1) is 22.3. The van der Waals surface area contributed by atoms with E-state index in [2.05, 4.69) is 17.6 Å². The van der Waals surface area contributed by atoms with Crippen molar-refractivity contribution < 1.29 is 27.6 Å². The second-order valence-electron chi connectivity index (χ2n) is 12.0. The van der Waals surface area contributed by atoms with Crippen LogP contribution in [0.1, 0.15) is 46.8 Å². The first-order valence-corrected chi connectivity index (χ1v) is 15.3.